The van der Waals surface area contributed by atoms with Crippen LogP contribution in [0.25, 0.3) is 31.6 Å². The summed E-state index contributed by atoms with van der Waals surface area (Å²) in [6, 6.07) is 11.1. The number of amides is 1. The first-order valence-corrected chi connectivity index (χ1v) is 11.9. The van der Waals surface area contributed by atoms with Crippen LogP contribution in [0.2, 0.25) is 0 Å². The monoisotopic (exact) mass is 477 g/mol. The maximum atomic E-state index is 12.8. The van der Waals surface area contributed by atoms with Gasteiger partial charge in [-0.3, -0.25) is 14.4 Å². The molecule has 33 heavy (non-hydrogen) atoms. The fourth-order valence-electron chi connectivity index (χ4n) is 3.64. The number of aromatic amines is 2. The number of hydrogen-bond acceptors (Lipinski definition) is 7. The van der Waals surface area contributed by atoms with E-state index in [4.69, 9.17) is 0 Å². The van der Waals surface area contributed by atoms with Gasteiger partial charge in [0.2, 0.25) is 5.91 Å². The Balaban J connectivity index is 1.36. The van der Waals surface area contributed by atoms with E-state index >= 15 is 0 Å². The second kappa shape index (κ2) is 8.38. The minimum absolute atomic E-state index is 0.0646. The van der Waals surface area contributed by atoms with Crippen LogP contribution in [0.3, 0.4) is 0 Å². The van der Waals surface area contributed by atoms with Crippen molar-refractivity contribution in [1.82, 2.24) is 24.8 Å². The summed E-state index contributed by atoms with van der Waals surface area (Å²) in [5.41, 5.74) is 0.932. The van der Waals surface area contributed by atoms with Crippen molar-refractivity contribution >= 4 is 49.7 Å². The fraction of sp³-hybridized carbons (Fsp3) is 0.174. The number of benzene rings is 1. The van der Waals surface area contributed by atoms with E-state index in [1.165, 1.54) is 21.1 Å². The molecule has 166 valence electrons. The highest BCUT2D eigenvalue weighted by Crippen LogP contribution is 2.34. The summed E-state index contributed by atoms with van der Waals surface area (Å²) in [7, 11) is 1.62. The van der Waals surface area contributed by atoms with Crippen molar-refractivity contribution in [3.63, 3.8) is 0 Å². The Hall–Kier alpha value is -3.63. The van der Waals surface area contributed by atoms with E-state index in [1.807, 2.05) is 24.4 Å². The number of H-pyrrole nitrogens is 2. The highest BCUT2D eigenvalue weighted by atomic mass is 32.1. The standard InChI is InChI=1S/C23H19N5O3S2/c1-12-7-8-16(33-12)14-11-32-23-20(14)22(31)25-17(27-23)9-19(29)28(2)10-18-24-15-6-4-3-5-13(15)21(30)26-18/h3-8,11H,9-10H2,1-2H3,(H,24,26,30)(H,25,27,31). The molecule has 0 bridgehead atoms. The van der Waals surface area contributed by atoms with Crippen molar-refractivity contribution in [2.45, 2.75) is 19.9 Å². The van der Waals surface area contributed by atoms with Gasteiger partial charge in [0.05, 0.1) is 29.3 Å². The summed E-state index contributed by atoms with van der Waals surface area (Å²) in [4.78, 5) is 56.5. The Morgan fingerprint density at radius 3 is 2.61 bits per heavy atom. The Kier molecular flexibility index (Phi) is 5.39. The van der Waals surface area contributed by atoms with Crippen LogP contribution in [0, 0.1) is 6.92 Å². The number of nitrogens with one attached hydrogen (secondary N) is 2. The molecule has 0 aliphatic heterocycles. The van der Waals surface area contributed by atoms with Gasteiger partial charge in [0.15, 0.2) is 0 Å². The van der Waals surface area contributed by atoms with Crippen molar-refractivity contribution in [2.75, 3.05) is 7.05 Å². The molecule has 5 aromatic rings. The smallest absolute Gasteiger partial charge is 0.260 e. The van der Waals surface area contributed by atoms with Crippen LogP contribution in [0.15, 0.2) is 51.4 Å². The van der Waals surface area contributed by atoms with E-state index in [9.17, 15) is 14.4 Å². The molecule has 0 atom stereocenters. The van der Waals surface area contributed by atoms with Gasteiger partial charge in [0.1, 0.15) is 16.5 Å². The topological polar surface area (TPSA) is 112 Å². The number of rotatable bonds is 5. The summed E-state index contributed by atoms with van der Waals surface area (Å²) >= 11 is 3.01. The van der Waals surface area contributed by atoms with Crippen molar-refractivity contribution in [2.24, 2.45) is 0 Å². The molecule has 2 N–H and O–H groups in total. The van der Waals surface area contributed by atoms with E-state index in [-0.39, 0.29) is 30.0 Å². The molecular formula is C23H19N5O3S2. The lowest BCUT2D eigenvalue weighted by molar-refractivity contribution is -0.129. The summed E-state index contributed by atoms with van der Waals surface area (Å²) in [6.07, 6.45) is -0.0646. The third kappa shape index (κ3) is 4.10. The van der Waals surface area contributed by atoms with Crippen LogP contribution in [0.5, 0.6) is 0 Å². The van der Waals surface area contributed by atoms with E-state index < -0.39 is 0 Å². The minimum atomic E-state index is -0.256. The van der Waals surface area contributed by atoms with E-state index in [2.05, 4.69) is 19.9 Å². The molecule has 0 fully saturated rings. The molecule has 4 aromatic heterocycles. The molecule has 1 amide bonds. The van der Waals surface area contributed by atoms with Gasteiger partial charge < -0.3 is 14.9 Å². The number of likely N-dealkylation sites (N-methyl/N-ethyl adjacent to an activating group) is 1. The van der Waals surface area contributed by atoms with Gasteiger partial charge in [-0.15, -0.1) is 22.7 Å². The van der Waals surface area contributed by atoms with Crippen molar-refractivity contribution < 1.29 is 4.79 Å². The number of aryl methyl sites for hydroxylation is 1. The first kappa shape index (κ1) is 21.2. The maximum Gasteiger partial charge on any atom is 0.260 e. The summed E-state index contributed by atoms with van der Waals surface area (Å²) < 4.78 is 0. The largest absolute Gasteiger partial charge is 0.338 e. The zero-order chi connectivity index (χ0) is 23.1. The van der Waals surface area contributed by atoms with Gasteiger partial charge in [0, 0.05) is 27.7 Å². The van der Waals surface area contributed by atoms with E-state index in [0.29, 0.717) is 32.8 Å². The molecule has 8 nitrogen and oxygen atoms in total. The van der Waals surface area contributed by atoms with Gasteiger partial charge >= 0.3 is 0 Å². The van der Waals surface area contributed by atoms with Crippen LogP contribution < -0.4 is 11.1 Å². The summed E-state index contributed by atoms with van der Waals surface area (Å²) in [6.45, 7) is 2.15. The lowest BCUT2D eigenvalue weighted by Gasteiger charge is -2.16. The first-order valence-electron chi connectivity index (χ1n) is 10.2. The quantitative estimate of drug-likeness (QED) is 0.403. The molecule has 0 radical (unpaired) electrons. The Labute approximate surface area is 195 Å². The Morgan fingerprint density at radius 2 is 1.82 bits per heavy atom. The number of hydrogen-bond donors (Lipinski definition) is 2. The first-order chi connectivity index (χ1) is 15.9. The lowest BCUT2D eigenvalue weighted by Crippen LogP contribution is -2.30. The van der Waals surface area contributed by atoms with Gasteiger partial charge in [-0.25, -0.2) is 9.97 Å². The number of carbonyl (C=O) groups is 1. The van der Waals surface area contributed by atoms with Crippen LogP contribution >= 0.6 is 22.7 Å². The molecule has 4 heterocycles. The number of nitrogens with zero attached hydrogens (tertiary/aromatic N) is 3. The predicted molar refractivity (Wildman–Crippen MR) is 131 cm³/mol. The van der Waals surface area contributed by atoms with E-state index in [0.717, 1.165) is 10.4 Å². The Morgan fingerprint density at radius 1 is 1.03 bits per heavy atom. The van der Waals surface area contributed by atoms with Crippen LogP contribution in [0.4, 0.5) is 0 Å². The van der Waals surface area contributed by atoms with Gasteiger partial charge in [0.25, 0.3) is 11.1 Å². The highest BCUT2D eigenvalue weighted by Gasteiger charge is 2.18. The van der Waals surface area contributed by atoms with Gasteiger partial charge in [-0.2, -0.15) is 0 Å². The molecule has 0 saturated heterocycles. The zero-order valence-corrected chi connectivity index (χ0v) is 19.5. The van der Waals surface area contributed by atoms with Crippen LogP contribution in [0.1, 0.15) is 16.5 Å². The lowest BCUT2D eigenvalue weighted by atomic mass is 10.2. The average Bonchev–Trinajstić information content (AvgIpc) is 3.40. The molecule has 0 aliphatic rings. The average molecular weight is 478 g/mol. The highest BCUT2D eigenvalue weighted by molar-refractivity contribution is 7.19. The molecule has 0 spiro atoms. The second-order valence-electron chi connectivity index (χ2n) is 7.71. The molecule has 0 unspecified atom stereocenters. The summed E-state index contributed by atoms with van der Waals surface area (Å²) in [5, 5.41) is 2.97. The molecule has 5 rings (SSSR count). The predicted octanol–water partition coefficient (Wildman–Crippen LogP) is 3.46. The minimum Gasteiger partial charge on any atom is -0.338 e. The van der Waals surface area contributed by atoms with Crippen molar-refractivity contribution in [3.05, 3.63) is 79.0 Å². The van der Waals surface area contributed by atoms with Crippen LogP contribution in [-0.2, 0) is 17.8 Å². The number of fused-ring (bicyclic) bond motifs is 2. The third-order valence-electron chi connectivity index (χ3n) is 5.29. The van der Waals surface area contributed by atoms with Crippen molar-refractivity contribution in [1.29, 1.82) is 0 Å². The number of aromatic nitrogens is 4. The van der Waals surface area contributed by atoms with Gasteiger partial charge in [-0.1, -0.05) is 12.1 Å². The normalized spacial score (nSPS) is 11.3. The Bertz CT molecular complexity index is 1630. The second-order valence-corrected chi connectivity index (χ2v) is 9.85. The SMILES string of the molecule is Cc1ccc(-c2csc3nc(CC(=O)N(C)Cc4nc5ccccc5c(=O)[nH]4)[nH]c(=O)c23)s1. The summed E-state index contributed by atoms with van der Waals surface area (Å²) in [5.74, 6) is 0.444. The van der Waals surface area contributed by atoms with Gasteiger partial charge in [-0.05, 0) is 31.2 Å². The molecule has 10 heteroatoms. The fourth-order valence-corrected chi connectivity index (χ4v) is 5.56. The van der Waals surface area contributed by atoms with E-state index in [1.54, 1.807) is 42.6 Å². The molecule has 0 aliphatic carbocycles. The molecule has 1 aromatic carbocycles. The number of para-hydroxylation sites is 1. The molecular weight excluding hydrogens is 458 g/mol. The van der Waals surface area contributed by atoms with Crippen molar-refractivity contribution in [3.8, 4) is 10.4 Å². The zero-order valence-electron chi connectivity index (χ0n) is 17.8. The maximum absolute atomic E-state index is 12.8. The number of carbonyl (C=O) groups excluding carboxylic acids is 1. The number of thiophene rings is 2. The molecule has 0 saturated carbocycles. The third-order valence-corrected chi connectivity index (χ3v) is 7.20. The van der Waals surface area contributed by atoms with Crippen LogP contribution in [-0.4, -0.2) is 37.8 Å².